The first-order valence-electron chi connectivity index (χ1n) is 4.43. The second-order valence-corrected chi connectivity index (χ2v) is 3.26. The molecule has 12 heavy (non-hydrogen) atoms. The van der Waals surface area contributed by atoms with E-state index >= 15 is 0 Å². The predicted octanol–water partition coefficient (Wildman–Crippen LogP) is -0.0695. The summed E-state index contributed by atoms with van der Waals surface area (Å²) in [6.07, 6.45) is 3.65. The highest BCUT2D eigenvalue weighted by atomic mass is 16.4. The number of carboxylic acid groups (broad SMARTS) is 1. The molecule has 1 saturated carbocycles. The third-order valence-corrected chi connectivity index (χ3v) is 2.01. The molecule has 0 aromatic rings. The highest BCUT2D eigenvalue weighted by Crippen LogP contribution is 2.20. The Bertz CT molecular complexity index is 157. The van der Waals surface area contributed by atoms with E-state index in [-0.39, 0.29) is 6.04 Å². The lowest BCUT2D eigenvalue weighted by atomic mass is 10.1. The van der Waals surface area contributed by atoms with Crippen LogP contribution in [0.2, 0.25) is 0 Å². The fourth-order valence-electron chi connectivity index (χ4n) is 1.13. The minimum Gasteiger partial charge on any atom is -0.480 e. The summed E-state index contributed by atoms with van der Waals surface area (Å²) < 4.78 is 0. The van der Waals surface area contributed by atoms with Gasteiger partial charge >= 0.3 is 5.97 Å². The van der Waals surface area contributed by atoms with Crippen LogP contribution in [0.1, 0.15) is 25.7 Å². The monoisotopic (exact) mass is 172 g/mol. The van der Waals surface area contributed by atoms with E-state index in [4.69, 9.17) is 10.8 Å². The van der Waals surface area contributed by atoms with Gasteiger partial charge in [0.2, 0.25) is 0 Å². The first-order chi connectivity index (χ1) is 5.74. The minimum absolute atomic E-state index is 0.388. The van der Waals surface area contributed by atoms with E-state index in [1.807, 2.05) is 0 Å². The van der Waals surface area contributed by atoms with E-state index in [0.717, 1.165) is 19.3 Å². The van der Waals surface area contributed by atoms with Gasteiger partial charge in [-0.2, -0.15) is 0 Å². The van der Waals surface area contributed by atoms with Crippen LogP contribution in [0.15, 0.2) is 0 Å². The molecule has 0 aromatic heterocycles. The van der Waals surface area contributed by atoms with Gasteiger partial charge in [-0.3, -0.25) is 4.79 Å². The SMILES string of the molecule is NCCC[C@H](NC1CC1)C(=O)O. The summed E-state index contributed by atoms with van der Waals surface area (Å²) in [6, 6.07) is 0.0601. The van der Waals surface area contributed by atoms with Crippen LogP contribution in [0.4, 0.5) is 0 Å². The zero-order valence-corrected chi connectivity index (χ0v) is 7.12. The van der Waals surface area contributed by atoms with Crippen molar-refractivity contribution in [1.82, 2.24) is 5.32 Å². The Kier molecular flexibility index (Phi) is 3.49. The summed E-state index contributed by atoms with van der Waals surface area (Å²) in [7, 11) is 0. The Hall–Kier alpha value is -0.610. The van der Waals surface area contributed by atoms with Gasteiger partial charge < -0.3 is 16.2 Å². The van der Waals surface area contributed by atoms with Gasteiger partial charge in [0.1, 0.15) is 6.04 Å². The molecule has 1 aliphatic carbocycles. The summed E-state index contributed by atoms with van der Waals surface area (Å²) in [6.45, 7) is 0.566. The number of carbonyl (C=O) groups is 1. The van der Waals surface area contributed by atoms with Crippen molar-refractivity contribution >= 4 is 5.97 Å². The molecule has 0 aliphatic heterocycles. The normalized spacial score (nSPS) is 19.1. The zero-order valence-electron chi connectivity index (χ0n) is 7.12. The molecule has 4 heteroatoms. The maximum absolute atomic E-state index is 10.7. The third kappa shape index (κ3) is 3.19. The Morgan fingerprint density at radius 3 is 2.75 bits per heavy atom. The first-order valence-corrected chi connectivity index (χ1v) is 4.43. The molecule has 1 aliphatic rings. The Balaban J connectivity index is 2.21. The van der Waals surface area contributed by atoms with Gasteiger partial charge in [0.05, 0.1) is 0 Å². The molecule has 4 N–H and O–H groups in total. The number of hydrogen-bond acceptors (Lipinski definition) is 3. The first kappa shape index (κ1) is 9.48. The van der Waals surface area contributed by atoms with E-state index in [1.165, 1.54) is 0 Å². The van der Waals surface area contributed by atoms with Crippen LogP contribution in [0.5, 0.6) is 0 Å². The van der Waals surface area contributed by atoms with Crippen molar-refractivity contribution in [3.05, 3.63) is 0 Å². The highest BCUT2D eigenvalue weighted by molar-refractivity contribution is 5.73. The Morgan fingerprint density at radius 1 is 1.67 bits per heavy atom. The molecule has 0 heterocycles. The molecule has 0 radical (unpaired) electrons. The van der Waals surface area contributed by atoms with Gasteiger partial charge in [-0.15, -0.1) is 0 Å². The number of hydrogen-bond donors (Lipinski definition) is 3. The number of rotatable bonds is 6. The summed E-state index contributed by atoms with van der Waals surface area (Å²) in [5, 5.41) is 11.8. The molecule has 70 valence electrons. The van der Waals surface area contributed by atoms with Crippen molar-refractivity contribution < 1.29 is 9.90 Å². The van der Waals surface area contributed by atoms with Gasteiger partial charge in [-0.05, 0) is 32.2 Å². The maximum Gasteiger partial charge on any atom is 0.320 e. The number of nitrogens with one attached hydrogen (secondary N) is 1. The minimum atomic E-state index is -0.754. The average Bonchev–Trinajstić information content (AvgIpc) is 2.80. The summed E-state index contributed by atoms with van der Waals surface area (Å²) in [4.78, 5) is 10.7. The Labute approximate surface area is 72.1 Å². The van der Waals surface area contributed by atoms with Gasteiger partial charge in [-0.1, -0.05) is 0 Å². The molecule has 0 spiro atoms. The quantitative estimate of drug-likeness (QED) is 0.524. The fraction of sp³-hybridized carbons (Fsp3) is 0.875. The van der Waals surface area contributed by atoms with Crippen molar-refractivity contribution in [2.75, 3.05) is 6.54 Å². The lowest BCUT2D eigenvalue weighted by Gasteiger charge is -2.12. The van der Waals surface area contributed by atoms with Gasteiger partial charge in [-0.25, -0.2) is 0 Å². The fourth-order valence-corrected chi connectivity index (χ4v) is 1.13. The lowest BCUT2D eigenvalue weighted by Crippen LogP contribution is -2.38. The van der Waals surface area contributed by atoms with Crippen LogP contribution in [-0.4, -0.2) is 29.7 Å². The molecule has 0 amide bonds. The van der Waals surface area contributed by atoms with Gasteiger partial charge in [0.15, 0.2) is 0 Å². The molecule has 0 bridgehead atoms. The third-order valence-electron chi connectivity index (χ3n) is 2.01. The number of carboxylic acids is 1. The number of aliphatic carboxylic acids is 1. The van der Waals surface area contributed by atoms with E-state index < -0.39 is 5.97 Å². The highest BCUT2D eigenvalue weighted by Gasteiger charge is 2.27. The molecule has 4 nitrogen and oxygen atoms in total. The topological polar surface area (TPSA) is 75.3 Å². The molecular formula is C8H16N2O2. The van der Waals surface area contributed by atoms with E-state index in [2.05, 4.69) is 5.32 Å². The molecule has 0 aromatic carbocycles. The van der Waals surface area contributed by atoms with Crippen LogP contribution in [0.25, 0.3) is 0 Å². The van der Waals surface area contributed by atoms with Crippen LogP contribution in [-0.2, 0) is 4.79 Å². The van der Waals surface area contributed by atoms with Crippen LogP contribution >= 0.6 is 0 Å². The van der Waals surface area contributed by atoms with Crippen LogP contribution in [0, 0.1) is 0 Å². The summed E-state index contributed by atoms with van der Waals surface area (Å²) in [5.74, 6) is -0.754. The smallest absolute Gasteiger partial charge is 0.320 e. The van der Waals surface area contributed by atoms with Gasteiger partial charge in [0.25, 0.3) is 0 Å². The van der Waals surface area contributed by atoms with E-state index in [0.29, 0.717) is 19.0 Å². The predicted molar refractivity (Wildman–Crippen MR) is 45.9 cm³/mol. The van der Waals surface area contributed by atoms with Crippen molar-refractivity contribution in [3.8, 4) is 0 Å². The molecule has 1 rings (SSSR count). The van der Waals surface area contributed by atoms with E-state index in [9.17, 15) is 4.79 Å². The van der Waals surface area contributed by atoms with Crippen molar-refractivity contribution in [3.63, 3.8) is 0 Å². The molecule has 1 atom stereocenters. The average molecular weight is 172 g/mol. The van der Waals surface area contributed by atoms with Crippen molar-refractivity contribution in [2.24, 2.45) is 5.73 Å². The Morgan fingerprint density at radius 2 is 2.33 bits per heavy atom. The molecular weight excluding hydrogens is 156 g/mol. The number of nitrogens with two attached hydrogens (primary N) is 1. The standard InChI is InChI=1S/C8H16N2O2/c9-5-1-2-7(8(11)12)10-6-3-4-6/h6-7,10H,1-5,9H2,(H,11,12)/t7-/m0/s1. The largest absolute Gasteiger partial charge is 0.480 e. The van der Waals surface area contributed by atoms with Crippen LogP contribution in [0.3, 0.4) is 0 Å². The van der Waals surface area contributed by atoms with Crippen LogP contribution < -0.4 is 11.1 Å². The molecule has 0 saturated heterocycles. The van der Waals surface area contributed by atoms with Gasteiger partial charge in [0, 0.05) is 6.04 Å². The maximum atomic E-state index is 10.7. The summed E-state index contributed by atoms with van der Waals surface area (Å²) in [5.41, 5.74) is 5.30. The molecule has 0 unspecified atom stereocenters. The second kappa shape index (κ2) is 4.42. The second-order valence-electron chi connectivity index (χ2n) is 3.26. The zero-order chi connectivity index (χ0) is 8.97. The summed E-state index contributed by atoms with van der Waals surface area (Å²) >= 11 is 0. The molecule has 1 fully saturated rings. The lowest BCUT2D eigenvalue weighted by molar-refractivity contribution is -0.139. The van der Waals surface area contributed by atoms with Crippen molar-refractivity contribution in [2.45, 2.75) is 37.8 Å². The van der Waals surface area contributed by atoms with Crippen molar-refractivity contribution in [1.29, 1.82) is 0 Å². The van der Waals surface area contributed by atoms with E-state index in [1.54, 1.807) is 0 Å².